The summed E-state index contributed by atoms with van der Waals surface area (Å²) in [5.41, 5.74) is 2.39. The molecular weight excluding hydrogens is 252 g/mol. The van der Waals surface area contributed by atoms with Crippen molar-refractivity contribution in [1.82, 2.24) is 19.7 Å². The number of carbonyl (C=O) groups is 1. The molecule has 0 spiro atoms. The van der Waals surface area contributed by atoms with Gasteiger partial charge in [0.2, 0.25) is 0 Å². The van der Waals surface area contributed by atoms with E-state index < -0.39 is 0 Å². The van der Waals surface area contributed by atoms with Gasteiger partial charge in [-0.3, -0.25) is 9.48 Å². The highest BCUT2D eigenvalue weighted by atomic mass is 16.2. The van der Waals surface area contributed by atoms with Gasteiger partial charge < -0.3 is 4.90 Å². The van der Waals surface area contributed by atoms with Crippen LogP contribution in [-0.4, -0.2) is 38.7 Å². The number of hydrogen-bond acceptors (Lipinski definition) is 3. The maximum absolute atomic E-state index is 12.6. The Bertz CT molecular complexity index is 655. The Morgan fingerprint density at radius 3 is 2.80 bits per heavy atom. The summed E-state index contributed by atoms with van der Waals surface area (Å²) in [6.45, 7) is 1.94. The van der Waals surface area contributed by atoms with E-state index in [0.717, 1.165) is 29.6 Å². The second-order valence-electron chi connectivity index (χ2n) is 5.66. The molecule has 1 fully saturated rings. The fourth-order valence-corrected chi connectivity index (χ4v) is 3.09. The first-order chi connectivity index (χ1) is 9.58. The minimum absolute atomic E-state index is 0.0644. The highest BCUT2D eigenvalue weighted by Crippen LogP contribution is 2.24. The number of carbonyl (C=O) groups excluding carboxylic acids is 1. The highest BCUT2D eigenvalue weighted by molar-refractivity contribution is 5.97. The Morgan fingerprint density at radius 1 is 1.40 bits per heavy atom. The van der Waals surface area contributed by atoms with Gasteiger partial charge in [-0.25, -0.2) is 4.98 Å². The third kappa shape index (κ3) is 2.07. The van der Waals surface area contributed by atoms with Crippen LogP contribution in [0, 0.1) is 6.92 Å². The molecule has 2 aromatic rings. The van der Waals surface area contributed by atoms with E-state index in [1.165, 1.54) is 12.8 Å². The summed E-state index contributed by atoms with van der Waals surface area (Å²) >= 11 is 0. The molecule has 1 aliphatic rings. The maximum Gasteiger partial charge on any atom is 0.255 e. The molecule has 0 saturated heterocycles. The molecule has 106 valence electrons. The topological polar surface area (TPSA) is 51.0 Å². The smallest absolute Gasteiger partial charge is 0.255 e. The molecule has 0 aromatic carbocycles. The maximum atomic E-state index is 12.6. The zero-order valence-corrected chi connectivity index (χ0v) is 12.3. The van der Waals surface area contributed by atoms with Gasteiger partial charge in [0.15, 0.2) is 5.65 Å². The van der Waals surface area contributed by atoms with E-state index in [0.29, 0.717) is 11.6 Å². The van der Waals surface area contributed by atoms with E-state index in [9.17, 15) is 4.79 Å². The second-order valence-corrected chi connectivity index (χ2v) is 5.66. The number of amides is 1. The van der Waals surface area contributed by atoms with Crippen LogP contribution >= 0.6 is 0 Å². The molecule has 0 bridgehead atoms. The lowest BCUT2D eigenvalue weighted by Gasteiger charge is -2.24. The van der Waals surface area contributed by atoms with Crippen LogP contribution in [0.25, 0.3) is 11.0 Å². The standard InChI is InChI=1S/C15H20N4O/c1-10-13-8-11(9-16-14(13)19(3)17-10)15(20)18(2)12-6-4-5-7-12/h8-9,12H,4-7H2,1-3H3. The third-order valence-electron chi connectivity index (χ3n) is 4.30. The Hall–Kier alpha value is -1.91. The molecule has 1 saturated carbocycles. The number of fused-ring (bicyclic) bond motifs is 1. The van der Waals surface area contributed by atoms with Crippen molar-refractivity contribution in [3.8, 4) is 0 Å². The lowest BCUT2D eigenvalue weighted by molar-refractivity contribution is 0.0735. The van der Waals surface area contributed by atoms with Crippen LogP contribution in [0.5, 0.6) is 0 Å². The van der Waals surface area contributed by atoms with Gasteiger partial charge in [-0.2, -0.15) is 5.10 Å². The zero-order valence-electron chi connectivity index (χ0n) is 12.3. The highest BCUT2D eigenvalue weighted by Gasteiger charge is 2.24. The van der Waals surface area contributed by atoms with Gasteiger partial charge in [0.1, 0.15) is 0 Å². The summed E-state index contributed by atoms with van der Waals surface area (Å²) in [4.78, 5) is 18.8. The molecule has 1 aliphatic carbocycles. The number of pyridine rings is 1. The van der Waals surface area contributed by atoms with Crippen molar-refractivity contribution in [3.05, 3.63) is 23.5 Å². The minimum atomic E-state index is 0.0644. The molecule has 0 unspecified atom stereocenters. The van der Waals surface area contributed by atoms with Crippen LogP contribution in [0.15, 0.2) is 12.3 Å². The van der Waals surface area contributed by atoms with E-state index in [2.05, 4.69) is 10.1 Å². The molecule has 5 heteroatoms. The molecular formula is C15H20N4O. The summed E-state index contributed by atoms with van der Waals surface area (Å²) in [5.74, 6) is 0.0644. The lowest BCUT2D eigenvalue weighted by atomic mass is 10.1. The normalized spacial score (nSPS) is 15.9. The Balaban J connectivity index is 1.93. The van der Waals surface area contributed by atoms with E-state index >= 15 is 0 Å². The Kier molecular flexibility index (Phi) is 3.20. The summed E-state index contributed by atoms with van der Waals surface area (Å²) in [5, 5.41) is 5.30. The molecule has 0 N–H and O–H groups in total. The number of aromatic nitrogens is 3. The van der Waals surface area contributed by atoms with Crippen molar-refractivity contribution < 1.29 is 4.79 Å². The Labute approximate surface area is 118 Å². The van der Waals surface area contributed by atoms with Crippen LogP contribution in [0.2, 0.25) is 0 Å². The summed E-state index contributed by atoms with van der Waals surface area (Å²) < 4.78 is 1.75. The molecule has 3 rings (SSSR count). The number of hydrogen-bond donors (Lipinski definition) is 0. The summed E-state index contributed by atoms with van der Waals surface area (Å²) in [6.07, 6.45) is 6.34. The number of rotatable bonds is 2. The molecule has 2 aromatic heterocycles. The number of nitrogens with zero attached hydrogens (tertiary/aromatic N) is 4. The first-order valence-electron chi connectivity index (χ1n) is 7.14. The van der Waals surface area contributed by atoms with Crippen molar-refractivity contribution in [3.63, 3.8) is 0 Å². The molecule has 5 nitrogen and oxygen atoms in total. The average Bonchev–Trinajstić information content (AvgIpc) is 3.07. The van der Waals surface area contributed by atoms with Crippen molar-refractivity contribution in [1.29, 1.82) is 0 Å². The van der Waals surface area contributed by atoms with E-state index in [1.807, 2.05) is 32.0 Å². The van der Waals surface area contributed by atoms with Gasteiger partial charge in [-0.1, -0.05) is 12.8 Å². The first kappa shape index (κ1) is 13.1. The van der Waals surface area contributed by atoms with Crippen LogP contribution < -0.4 is 0 Å². The molecule has 0 aliphatic heterocycles. The fourth-order valence-electron chi connectivity index (χ4n) is 3.09. The summed E-state index contributed by atoms with van der Waals surface area (Å²) in [7, 11) is 3.77. The zero-order chi connectivity index (χ0) is 14.3. The molecule has 0 radical (unpaired) electrons. The fraction of sp³-hybridized carbons (Fsp3) is 0.533. The van der Waals surface area contributed by atoms with Crippen molar-refractivity contribution >= 4 is 16.9 Å². The van der Waals surface area contributed by atoms with Gasteiger partial charge >= 0.3 is 0 Å². The quantitative estimate of drug-likeness (QED) is 0.843. The molecule has 1 amide bonds. The van der Waals surface area contributed by atoms with Crippen molar-refractivity contribution in [2.75, 3.05) is 7.05 Å². The average molecular weight is 272 g/mol. The van der Waals surface area contributed by atoms with Gasteiger partial charge in [-0.05, 0) is 25.8 Å². The van der Waals surface area contributed by atoms with Gasteiger partial charge in [0, 0.05) is 31.7 Å². The minimum Gasteiger partial charge on any atom is -0.339 e. The first-order valence-corrected chi connectivity index (χ1v) is 7.14. The SMILES string of the molecule is Cc1nn(C)c2ncc(C(=O)N(C)C3CCCC3)cc12. The van der Waals surface area contributed by atoms with E-state index in [-0.39, 0.29) is 5.91 Å². The molecule has 2 heterocycles. The predicted octanol–water partition coefficient (Wildman–Crippen LogP) is 2.29. The monoisotopic (exact) mass is 272 g/mol. The molecule has 0 atom stereocenters. The number of aryl methyl sites for hydroxylation is 2. The van der Waals surface area contributed by atoms with Crippen LogP contribution in [0.4, 0.5) is 0 Å². The van der Waals surface area contributed by atoms with E-state index in [1.54, 1.807) is 10.9 Å². The Morgan fingerprint density at radius 2 is 2.10 bits per heavy atom. The van der Waals surface area contributed by atoms with Crippen LogP contribution in [0.3, 0.4) is 0 Å². The van der Waals surface area contributed by atoms with Crippen LogP contribution in [-0.2, 0) is 7.05 Å². The van der Waals surface area contributed by atoms with Gasteiger partial charge in [0.25, 0.3) is 5.91 Å². The van der Waals surface area contributed by atoms with Crippen molar-refractivity contribution in [2.45, 2.75) is 38.6 Å². The van der Waals surface area contributed by atoms with E-state index in [4.69, 9.17) is 0 Å². The lowest BCUT2D eigenvalue weighted by Crippen LogP contribution is -2.35. The summed E-state index contributed by atoms with van der Waals surface area (Å²) in [6, 6.07) is 2.30. The van der Waals surface area contributed by atoms with Gasteiger partial charge in [0.05, 0.1) is 11.3 Å². The largest absolute Gasteiger partial charge is 0.339 e. The molecule has 20 heavy (non-hydrogen) atoms. The van der Waals surface area contributed by atoms with Gasteiger partial charge in [-0.15, -0.1) is 0 Å². The second kappa shape index (κ2) is 4.89. The third-order valence-corrected chi connectivity index (χ3v) is 4.30. The van der Waals surface area contributed by atoms with Crippen molar-refractivity contribution in [2.24, 2.45) is 7.05 Å². The van der Waals surface area contributed by atoms with Crippen LogP contribution in [0.1, 0.15) is 41.7 Å². The predicted molar refractivity (Wildman–Crippen MR) is 77.6 cm³/mol.